The van der Waals surface area contributed by atoms with Crippen molar-refractivity contribution in [3.05, 3.63) is 0 Å². The van der Waals surface area contributed by atoms with Gasteiger partial charge in [-0.2, -0.15) is 0 Å². The third kappa shape index (κ3) is 3.25. The molecule has 2 N–H and O–H groups in total. The lowest BCUT2D eigenvalue weighted by atomic mass is 9.75. The minimum atomic E-state index is -0.101. The second-order valence-corrected chi connectivity index (χ2v) is 6.51. The molecule has 0 aromatic rings. The van der Waals surface area contributed by atoms with E-state index in [1.807, 2.05) is 0 Å². The fourth-order valence-electron chi connectivity index (χ4n) is 3.36. The SMILES string of the molecule is CC1CCCNC1CNC(=O)C1(C)CCCCC1. The van der Waals surface area contributed by atoms with Gasteiger partial charge in [-0.15, -0.1) is 0 Å². The van der Waals surface area contributed by atoms with Gasteiger partial charge in [0.15, 0.2) is 0 Å². The average Bonchev–Trinajstić information content (AvgIpc) is 2.38. The molecular weight excluding hydrogens is 224 g/mol. The summed E-state index contributed by atoms with van der Waals surface area (Å²) in [4.78, 5) is 12.3. The second kappa shape index (κ2) is 6.05. The number of hydrogen-bond acceptors (Lipinski definition) is 2. The first-order chi connectivity index (χ1) is 8.62. The molecule has 1 aliphatic heterocycles. The Labute approximate surface area is 111 Å². The Kier molecular flexibility index (Phi) is 4.66. The first-order valence-corrected chi connectivity index (χ1v) is 7.63. The molecule has 0 bridgehead atoms. The van der Waals surface area contributed by atoms with Crippen molar-refractivity contribution in [2.75, 3.05) is 13.1 Å². The Morgan fingerprint density at radius 2 is 2.00 bits per heavy atom. The number of rotatable bonds is 3. The maximum atomic E-state index is 12.3. The van der Waals surface area contributed by atoms with Crippen LogP contribution in [0.1, 0.15) is 58.8 Å². The highest BCUT2D eigenvalue weighted by atomic mass is 16.2. The number of amides is 1. The van der Waals surface area contributed by atoms with Crippen molar-refractivity contribution in [2.45, 2.75) is 64.8 Å². The van der Waals surface area contributed by atoms with Crippen LogP contribution < -0.4 is 10.6 Å². The maximum Gasteiger partial charge on any atom is 0.225 e. The standard InChI is InChI=1S/C15H28N2O/c1-12-7-6-10-16-13(12)11-17-14(18)15(2)8-4-3-5-9-15/h12-13,16H,3-11H2,1-2H3,(H,17,18). The van der Waals surface area contributed by atoms with Gasteiger partial charge in [-0.3, -0.25) is 4.79 Å². The molecule has 1 aliphatic carbocycles. The van der Waals surface area contributed by atoms with Crippen molar-refractivity contribution in [1.29, 1.82) is 0 Å². The van der Waals surface area contributed by atoms with Crippen molar-refractivity contribution in [1.82, 2.24) is 10.6 Å². The summed E-state index contributed by atoms with van der Waals surface area (Å²) in [7, 11) is 0. The highest BCUT2D eigenvalue weighted by molar-refractivity contribution is 5.82. The maximum absolute atomic E-state index is 12.3. The molecule has 18 heavy (non-hydrogen) atoms. The van der Waals surface area contributed by atoms with E-state index >= 15 is 0 Å². The first-order valence-electron chi connectivity index (χ1n) is 7.63. The fraction of sp³-hybridized carbons (Fsp3) is 0.933. The van der Waals surface area contributed by atoms with Gasteiger partial charge in [0.1, 0.15) is 0 Å². The molecule has 1 heterocycles. The van der Waals surface area contributed by atoms with E-state index in [0.29, 0.717) is 12.0 Å². The molecule has 2 rings (SSSR count). The number of nitrogens with one attached hydrogen (secondary N) is 2. The highest BCUT2D eigenvalue weighted by Gasteiger charge is 2.34. The zero-order chi connectivity index (χ0) is 13.0. The summed E-state index contributed by atoms with van der Waals surface area (Å²) in [5.74, 6) is 0.958. The smallest absolute Gasteiger partial charge is 0.225 e. The van der Waals surface area contributed by atoms with E-state index in [0.717, 1.165) is 25.9 Å². The Bertz CT molecular complexity index is 284. The lowest BCUT2D eigenvalue weighted by Gasteiger charge is -2.34. The van der Waals surface area contributed by atoms with Gasteiger partial charge in [-0.25, -0.2) is 0 Å². The molecule has 0 aromatic carbocycles. The molecular formula is C15H28N2O. The van der Waals surface area contributed by atoms with Crippen molar-refractivity contribution < 1.29 is 4.79 Å². The van der Waals surface area contributed by atoms with Crippen molar-refractivity contribution in [3.8, 4) is 0 Å². The van der Waals surface area contributed by atoms with Crippen LogP contribution in [0.4, 0.5) is 0 Å². The predicted molar refractivity (Wildman–Crippen MR) is 74.4 cm³/mol. The molecule has 2 unspecified atom stereocenters. The summed E-state index contributed by atoms with van der Waals surface area (Å²) in [6.45, 7) is 6.32. The van der Waals surface area contributed by atoms with Gasteiger partial charge in [0.2, 0.25) is 5.91 Å². The molecule has 104 valence electrons. The molecule has 1 saturated carbocycles. The molecule has 3 heteroatoms. The van der Waals surface area contributed by atoms with E-state index in [4.69, 9.17) is 0 Å². The Morgan fingerprint density at radius 1 is 1.28 bits per heavy atom. The third-order valence-corrected chi connectivity index (χ3v) is 4.92. The highest BCUT2D eigenvalue weighted by Crippen LogP contribution is 2.35. The van der Waals surface area contributed by atoms with Crippen molar-refractivity contribution >= 4 is 5.91 Å². The molecule has 2 aliphatic rings. The van der Waals surface area contributed by atoms with Crippen LogP contribution in [0.15, 0.2) is 0 Å². The van der Waals surface area contributed by atoms with Gasteiger partial charge >= 0.3 is 0 Å². The molecule has 0 spiro atoms. The zero-order valence-electron chi connectivity index (χ0n) is 11.9. The van der Waals surface area contributed by atoms with Gasteiger partial charge in [-0.05, 0) is 38.1 Å². The van der Waals surface area contributed by atoms with Gasteiger partial charge in [0, 0.05) is 18.0 Å². The molecule has 2 fully saturated rings. The predicted octanol–water partition coefficient (Wildman–Crippen LogP) is 2.46. The van der Waals surface area contributed by atoms with Gasteiger partial charge in [0.05, 0.1) is 0 Å². The average molecular weight is 252 g/mol. The van der Waals surface area contributed by atoms with E-state index in [9.17, 15) is 4.79 Å². The minimum Gasteiger partial charge on any atom is -0.354 e. The molecule has 2 atom stereocenters. The van der Waals surface area contributed by atoms with E-state index in [1.54, 1.807) is 0 Å². The fourth-order valence-corrected chi connectivity index (χ4v) is 3.36. The first kappa shape index (κ1) is 13.9. The minimum absolute atomic E-state index is 0.101. The van der Waals surface area contributed by atoms with Crippen LogP contribution in [0.2, 0.25) is 0 Å². The summed E-state index contributed by atoms with van der Waals surface area (Å²) in [6, 6.07) is 0.467. The number of carbonyl (C=O) groups is 1. The van der Waals surface area contributed by atoms with Crippen molar-refractivity contribution in [2.24, 2.45) is 11.3 Å². The van der Waals surface area contributed by atoms with E-state index in [2.05, 4.69) is 24.5 Å². The summed E-state index contributed by atoms with van der Waals surface area (Å²) < 4.78 is 0. The molecule has 3 nitrogen and oxygen atoms in total. The topological polar surface area (TPSA) is 41.1 Å². The van der Waals surface area contributed by atoms with Crippen LogP contribution >= 0.6 is 0 Å². The molecule has 1 amide bonds. The van der Waals surface area contributed by atoms with E-state index in [1.165, 1.54) is 32.1 Å². The zero-order valence-corrected chi connectivity index (χ0v) is 11.9. The Morgan fingerprint density at radius 3 is 2.67 bits per heavy atom. The van der Waals surface area contributed by atoms with Crippen LogP contribution in [-0.2, 0) is 4.79 Å². The summed E-state index contributed by atoms with van der Waals surface area (Å²) >= 11 is 0. The van der Waals surface area contributed by atoms with Crippen LogP contribution in [0.25, 0.3) is 0 Å². The lowest BCUT2D eigenvalue weighted by molar-refractivity contribution is -0.132. The number of piperidine rings is 1. The lowest BCUT2D eigenvalue weighted by Crippen LogP contribution is -2.50. The summed E-state index contributed by atoms with van der Waals surface area (Å²) in [5.41, 5.74) is -0.101. The Hall–Kier alpha value is -0.570. The van der Waals surface area contributed by atoms with Gasteiger partial charge in [-0.1, -0.05) is 33.1 Å². The Balaban J connectivity index is 1.80. The van der Waals surface area contributed by atoms with Crippen LogP contribution in [0.5, 0.6) is 0 Å². The monoisotopic (exact) mass is 252 g/mol. The van der Waals surface area contributed by atoms with E-state index < -0.39 is 0 Å². The normalized spacial score (nSPS) is 31.9. The largest absolute Gasteiger partial charge is 0.354 e. The van der Waals surface area contributed by atoms with Gasteiger partial charge < -0.3 is 10.6 Å². The van der Waals surface area contributed by atoms with Crippen LogP contribution in [0, 0.1) is 11.3 Å². The molecule has 0 radical (unpaired) electrons. The molecule has 1 saturated heterocycles. The van der Waals surface area contributed by atoms with Crippen molar-refractivity contribution in [3.63, 3.8) is 0 Å². The third-order valence-electron chi connectivity index (χ3n) is 4.92. The van der Waals surface area contributed by atoms with Crippen LogP contribution in [-0.4, -0.2) is 25.0 Å². The number of carbonyl (C=O) groups excluding carboxylic acids is 1. The van der Waals surface area contributed by atoms with Crippen LogP contribution in [0.3, 0.4) is 0 Å². The number of hydrogen-bond donors (Lipinski definition) is 2. The summed E-state index contributed by atoms with van der Waals surface area (Å²) in [5, 5.41) is 6.72. The van der Waals surface area contributed by atoms with Gasteiger partial charge in [0.25, 0.3) is 0 Å². The van der Waals surface area contributed by atoms with E-state index in [-0.39, 0.29) is 11.3 Å². The molecule has 0 aromatic heterocycles. The quantitative estimate of drug-likeness (QED) is 0.810. The summed E-state index contributed by atoms with van der Waals surface area (Å²) in [6.07, 6.45) is 8.39. The second-order valence-electron chi connectivity index (χ2n) is 6.51.